The molecule has 1 aromatic heterocycles. The van der Waals surface area contributed by atoms with Crippen LogP contribution in [0.25, 0.3) is 0 Å². The summed E-state index contributed by atoms with van der Waals surface area (Å²) in [5, 5.41) is 0.159. The lowest BCUT2D eigenvalue weighted by Crippen LogP contribution is -2.48. The van der Waals surface area contributed by atoms with E-state index in [0.29, 0.717) is 26.2 Å². The van der Waals surface area contributed by atoms with Gasteiger partial charge in [-0.15, -0.1) is 12.4 Å². The van der Waals surface area contributed by atoms with Crippen LogP contribution in [-0.2, 0) is 27.7 Å². The number of aryl methyl sites for hydroxylation is 2. The van der Waals surface area contributed by atoms with Gasteiger partial charge in [-0.2, -0.15) is 4.31 Å². The summed E-state index contributed by atoms with van der Waals surface area (Å²) in [6.07, 6.45) is 4.44. The summed E-state index contributed by atoms with van der Waals surface area (Å²) in [7, 11) is -3.53. The van der Waals surface area contributed by atoms with E-state index in [4.69, 9.17) is 10.5 Å². The highest BCUT2D eigenvalue weighted by molar-refractivity contribution is 7.89. The maximum absolute atomic E-state index is 12.6. The molecule has 2 aliphatic rings. The molecule has 120 valence electrons. The average molecular weight is 337 g/mol. The van der Waals surface area contributed by atoms with E-state index in [9.17, 15) is 8.42 Å². The lowest BCUT2D eigenvalue weighted by atomic mass is 10.2. The van der Waals surface area contributed by atoms with E-state index in [1.54, 1.807) is 6.20 Å². The van der Waals surface area contributed by atoms with Gasteiger partial charge in [0.05, 0.1) is 12.7 Å². The summed E-state index contributed by atoms with van der Waals surface area (Å²) in [4.78, 5) is 4.31. The molecule has 0 amide bonds. The molecule has 1 aromatic rings. The summed E-state index contributed by atoms with van der Waals surface area (Å²) in [6.45, 7) is 2.23. The third kappa shape index (κ3) is 3.24. The van der Waals surface area contributed by atoms with Crippen molar-refractivity contribution in [1.82, 2.24) is 13.9 Å². The van der Waals surface area contributed by atoms with E-state index in [2.05, 4.69) is 4.98 Å². The number of nitrogens with zero attached hydrogens (tertiary/aromatic N) is 3. The Kier molecular flexibility index (Phi) is 5.26. The normalized spacial score (nSPS) is 23.4. The molecule has 0 radical (unpaired) electrons. The van der Waals surface area contributed by atoms with Crippen LogP contribution in [0.4, 0.5) is 0 Å². The summed E-state index contributed by atoms with van der Waals surface area (Å²) in [5.41, 5.74) is 5.56. The van der Waals surface area contributed by atoms with Crippen molar-refractivity contribution in [3.05, 3.63) is 12.0 Å². The number of morpholine rings is 1. The Morgan fingerprint density at radius 3 is 2.90 bits per heavy atom. The molecule has 0 saturated carbocycles. The predicted molar refractivity (Wildman–Crippen MR) is 80.0 cm³/mol. The van der Waals surface area contributed by atoms with E-state index >= 15 is 0 Å². The van der Waals surface area contributed by atoms with Gasteiger partial charge < -0.3 is 15.0 Å². The molecule has 7 nitrogen and oxygen atoms in total. The van der Waals surface area contributed by atoms with Gasteiger partial charge >= 0.3 is 0 Å². The molecule has 3 rings (SSSR count). The molecule has 1 saturated heterocycles. The Hall–Kier alpha value is -0.670. The Labute approximate surface area is 130 Å². The number of aromatic nitrogens is 2. The van der Waals surface area contributed by atoms with Gasteiger partial charge in [0.25, 0.3) is 10.0 Å². The SMILES string of the molecule is Cl.NCC1CN(S(=O)(=O)c2cn3c(n2)CCCC3)CCO1. The minimum absolute atomic E-state index is 0. The zero-order chi connectivity index (χ0) is 14.2. The lowest BCUT2D eigenvalue weighted by Gasteiger charge is -2.30. The molecule has 0 aliphatic carbocycles. The van der Waals surface area contributed by atoms with Crippen molar-refractivity contribution in [1.29, 1.82) is 0 Å². The lowest BCUT2D eigenvalue weighted by molar-refractivity contribution is 0.00444. The van der Waals surface area contributed by atoms with E-state index in [0.717, 1.165) is 31.6 Å². The number of rotatable bonds is 3. The summed E-state index contributed by atoms with van der Waals surface area (Å²) >= 11 is 0. The van der Waals surface area contributed by atoms with Crippen LogP contribution < -0.4 is 5.73 Å². The van der Waals surface area contributed by atoms with E-state index in [1.807, 2.05) is 4.57 Å². The third-order valence-electron chi connectivity index (χ3n) is 3.86. The van der Waals surface area contributed by atoms with Crippen LogP contribution in [0.5, 0.6) is 0 Å². The van der Waals surface area contributed by atoms with Crippen LogP contribution in [0.1, 0.15) is 18.7 Å². The highest BCUT2D eigenvalue weighted by Crippen LogP contribution is 2.21. The Bertz CT molecular complexity index is 566. The zero-order valence-electron chi connectivity index (χ0n) is 11.8. The van der Waals surface area contributed by atoms with E-state index < -0.39 is 10.0 Å². The Morgan fingerprint density at radius 2 is 2.19 bits per heavy atom. The molecule has 2 aliphatic heterocycles. The molecule has 0 aromatic carbocycles. The summed E-state index contributed by atoms with van der Waals surface area (Å²) in [5.74, 6) is 0.874. The highest BCUT2D eigenvalue weighted by Gasteiger charge is 2.32. The van der Waals surface area contributed by atoms with Crippen molar-refractivity contribution < 1.29 is 13.2 Å². The maximum Gasteiger partial charge on any atom is 0.262 e. The molecular weight excluding hydrogens is 316 g/mol. The number of imidazole rings is 1. The minimum atomic E-state index is -3.53. The van der Waals surface area contributed by atoms with Crippen LogP contribution >= 0.6 is 12.4 Å². The fourth-order valence-corrected chi connectivity index (χ4v) is 4.12. The second-order valence-corrected chi connectivity index (χ2v) is 7.12. The number of sulfonamides is 1. The number of hydrogen-bond acceptors (Lipinski definition) is 5. The van der Waals surface area contributed by atoms with E-state index in [-0.39, 0.29) is 23.5 Å². The van der Waals surface area contributed by atoms with Crippen molar-refractivity contribution in [3.63, 3.8) is 0 Å². The van der Waals surface area contributed by atoms with Gasteiger partial charge in [0.2, 0.25) is 0 Å². The smallest absolute Gasteiger partial charge is 0.262 e. The molecule has 0 spiro atoms. The van der Waals surface area contributed by atoms with Gasteiger partial charge in [-0.1, -0.05) is 0 Å². The first-order valence-corrected chi connectivity index (χ1v) is 8.43. The van der Waals surface area contributed by atoms with Crippen molar-refractivity contribution in [2.24, 2.45) is 5.73 Å². The van der Waals surface area contributed by atoms with Crippen LogP contribution in [-0.4, -0.2) is 54.6 Å². The van der Waals surface area contributed by atoms with Gasteiger partial charge in [0.1, 0.15) is 5.82 Å². The fraction of sp³-hybridized carbons (Fsp3) is 0.750. The Morgan fingerprint density at radius 1 is 1.38 bits per heavy atom. The Balaban J connectivity index is 0.00000161. The second-order valence-electron chi connectivity index (χ2n) is 5.24. The molecule has 2 N–H and O–H groups in total. The van der Waals surface area contributed by atoms with Crippen molar-refractivity contribution >= 4 is 22.4 Å². The van der Waals surface area contributed by atoms with Crippen molar-refractivity contribution in [3.8, 4) is 0 Å². The molecule has 0 bridgehead atoms. The monoisotopic (exact) mass is 336 g/mol. The fourth-order valence-electron chi connectivity index (χ4n) is 2.70. The van der Waals surface area contributed by atoms with Gasteiger partial charge in [0, 0.05) is 38.8 Å². The number of halogens is 1. The number of fused-ring (bicyclic) bond motifs is 1. The van der Waals surface area contributed by atoms with Crippen molar-refractivity contribution in [2.45, 2.75) is 36.9 Å². The molecule has 21 heavy (non-hydrogen) atoms. The number of hydrogen-bond donors (Lipinski definition) is 1. The highest BCUT2D eigenvalue weighted by atomic mass is 35.5. The molecule has 1 fully saturated rings. The van der Waals surface area contributed by atoms with Gasteiger partial charge in [0.15, 0.2) is 5.03 Å². The van der Waals surface area contributed by atoms with Crippen LogP contribution in [0, 0.1) is 0 Å². The molecule has 1 unspecified atom stereocenters. The zero-order valence-corrected chi connectivity index (χ0v) is 13.4. The number of ether oxygens (including phenoxy) is 1. The average Bonchev–Trinajstić information content (AvgIpc) is 2.92. The molecule has 9 heteroatoms. The van der Waals surface area contributed by atoms with Crippen molar-refractivity contribution in [2.75, 3.05) is 26.2 Å². The topological polar surface area (TPSA) is 90.5 Å². The second kappa shape index (κ2) is 6.62. The predicted octanol–water partition coefficient (Wildman–Crippen LogP) is -0.0106. The molecule has 3 heterocycles. The van der Waals surface area contributed by atoms with Crippen LogP contribution in [0.3, 0.4) is 0 Å². The van der Waals surface area contributed by atoms with Crippen LogP contribution in [0.15, 0.2) is 11.2 Å². The van der Waals surface area contributed by atoms with Gasteiger partial charge in [-0.3, -0.25) is 0 Å². The molecule has 1 atom stereocenters. The largest absolute Gasteiger partial charge is 0.374 e. The van der Waals surface area contributed by atoms with Crippen LogP contribution in [0.2, 0.25) is 0 Å². The standard InChI is InChI=1S/C12H20N4O3S.ClH/c13-7-10-8-16(5-6-19-10)20(17,18)12-9-15-4-2-1-3-11(15)14-12;/h9-10H,1-8,13H2;1H. The quantitative estimate of drug-likeness (QED) is 0.838. The first-order valence-electron chi connectivity index (χ1n) is 6.99. The maximum atomic E-state index is 12.6. The van der Waals surface area contributed by atoms with Gasteiger partial charge in [-0.25, -0.2) is 13.4 Å². The summed E-state index contributed by atoms with van der Waals surface area (Å²) < 4.78 is 34.0. The summed E-state index contributed by atoms with van der Waals surface area (Å²) in [6, 6.07) is 0. The first-order chi connectivity index (χ1) is 9.61. The van der Waals surface area contributed by atoms with E-state index in [1.165, 1.54) is 4.31 Å². The number of nitrogens with two attached hydrogens (primary N) is 1. The first kappa shape index (κ1) is 16.7. The van der Waals surface area contributed by atoms with Gasteiger partial charge in [-0.05, 0) is 12.8 Å². The third-order valence-corrected chi connectivity index (χ3v) is 5.59. The minimum Gasteiger partial charge on any atom is -0.374 e. The molecular formula is C12H21ClN4O3S.